The number of hydrogen-bond acceptors (Lipinski definition) is 4. The van der Waals surface area contributed by atoms with Crippen LogP contribution in [0.4, 0.5) is 5.82 Å². The second kappa shape index (κ2) is 5.25. The van der Waals surface area contributed by atoms with E-state index in [9.17, 15) is 0 Å². The summed E-state index contributed by atoms with van der Waals surface area (Å²) in [7, 11) is 2.05. The van der Waals surface area contributed by atoms with Gasteiger partial charge in [-0.1, -0.05) is 0 Å². The molecule has 0 atom stereocenters. The molecule has 2 N–H and O–H groups in total. The van der Waals surface area contributed by atoms with Gasteiger partial charge in [0.25, 0.3) is 0 Å². The predicted octanol–water partition coefficient (Wildman–Crippen LogP) is 1.73. The second-order valence-corrected chi connectivity index (χ2v) is 4.54. The van der Waals surface area contributed by atoms with Crippen LogP contribution in [0, 0.1) is 6.92 Å². The van der Waals surface area contributed by atoms with E-state index in [1.54, 1.807) is 0 Å². The number of aromatic nitrogens is 2. The molecule has 1 fully saturated rings. The van der Waals surface area contributed by atoms with Crippen molar-refractivity contribution in [2.24, 2.45) is 0 Å². The van der Waals surface area contributed by atoms with Crippen LogP contribution >= 0.6 is 0 Å². The van der Waals surface area contributed by atoms with E-state index in [-0.39, 0.29) is 0 Å². The minimum Gasteiger partial charge on any atom is -0.366 e. The van der Waals surface area contributed by atoms with Gasteiger partial charge in [0.2, 0.25) is 0 Å². The van der Waals surface area contributed by atoms with E-state index in [2.05, 4.69) is 20.8 Å². The summed E-state index contributed by atoms with van der Waals surface area (Å²) in [5, 5.41) is 15.0. The second-order valence-electron chi connectivity index (χ2n) is 4.54. The van der Waals surface area contributed by atoms with Crippen LogP contribution < -0.4 is 10.6 Å². The molecule has 1 aromatic heterocycles. The van der Waals surface area contributed by atoms with E-state index >= 15 is 0 Å². The molecule has 2 rings (SSSR count). The van der Waals surface area contributed by atoms with Crippen LogP contribution in [0.25, 0.3) is 0 Å². The van der Waals surface area contributed by atoms with E-state index in [0.29, 0.717) is 12.1 Å². The summed E-state index contributed by atoms with van der Waals surface area (Å²) in [6.45, 7) is 1.95. The molecular weight excluding hydrogens is 200 g/mol. The zero-order chi connectivity index (χ0) is 11.4. The van der Waals surface area contributed by atoms with Gasteiger partial charge in [-0.2, -0.15) is 5.10 Å². The summed E-state index contributed by atoms with van der Waals surface area (Å²) in [5.41, 5.74) is 0.962. The first-order valence-corrected chi connectivity index (χ1v) is 6.02. The Bertz CT molecular complexity index is 314. The highest BCUT2D eigenvalue weighted by Crippen LogP contribution is 2.21. The molecule has 0 aliphatic heterocycles. The number of nitrogens with zero attached hydrogens (tertiary/aromatic N) is 2. The van der Waals surface area contributed by atoms with Crippen molar-refractivity contribution in [2.75, 3.05) is 12.4 Å². The molecule has 0 aromatic carbocycles. The molecule has 0 unspecified atom stereocenters. The molecule has 16 heavy (non-hydrogen) atoms. The first kappa shape index (κ1) is 11.3. The van der Waals surface area contributed by atoms with Crippen molar-refractivity contribution in [1.29, 1.82) is 0 Å². The smallest absolute Gasteiger partial charge is 0.148 e. The molecule has 1 aliphatic rings. The van der Waals surface area contributed by atoms with Gasteiger partial charge >= 0.3 is 0 Å². The Morgan fingerprint density at radius 2 is 1.75 bits per heavy atom. The van der Waals surface area contributed by atoms with Crippen LogP contribution in [-0.2, 0) is 0 Å². The number of rotatable bonds is 3. The third kappa shape index (κ3) is 2.92. The van der Waals surface area contributed by atoms with Gasteiger partial charge in [0.15, 0.2) is 0 Å². The zero-order valence-corrected chi connectivity index (χ0v) is 10.0. The molecule has 1 aliphatic carbocycles. The van der Waals surface area contributed by atoms with Crippen LogP contribution in [0.5, 0.6) is 0 Å². The fraction of sp³-hybridized carbons (Fsp3) is 0.667. The lowest BCUT2D eigenvalue weighted by Crippen LogP contribution is -2.35. The van der Waals surface area contributed by atoms with Crippen molar-refractivity contribution in [1.82, 2.24) is 15.5 Å². The van der Waals surface area contributed by atoms with Gasteiger partial charge in [-0.15, -0.1) is 5.10 Å². The summed E-state index contributed by atoms with van der Waals surface area (Å²) < 4.78 is 0. The van der Waals surface area contributed by atoms with Crippen molar-refractivity contribution in [2.45, 2.75) is 44.7 Å². The Balaban J connectivity index is 1.84. The molecule has 4 nitrogen and oxygen atoms in total. The van der Waals surface area contributed by atoms with Crippen molar-refractivity contribution in [3.8, 4) is 0 Å². The molecule has 88 valence electrons. The van der Waals surface area contributed by atoms with E-state index < -0.39 is 0 Å². The Morgan fingerprint density at radius 1 is 1.06 bits per heavy atom. The normalized spacial score (nSPS) is 25.4. The van der Waals surface area contributed by atoms with E-state index in [1.165, 1.54) is 25.7 Å². The molecule has 0 radical (unpaired) electrons. The number of aryl methyl sites for hydroxylation is 1. The van der Waals surface area contributed by atoms with Crippen LogP contribution in [0.2, 0.25) is 0 Å². The van der Waals surface area contributed by atoms with Gasteiger partial charge in [0, 0.05) is 12.1 Å². The van der Waals surface area contributed by atoms with Gasteiger partial charge < -0.3 is 10.6 Å². The molecular formula is C12H20N4. The fourth-order valence-corrected chi connectivity index (χ4v) is 2.21. The molecule has 0 spiro atoms. The molecule has 0 bridgehead atoms. The van der Waals surface area contributed by atoms with Crippen LogP contribution in [-0.4, -0.2) is 29.3 Å². The summed E-state index contributed by atoms with van der Waals surface area (Å²) in [4.78, 5) is 0. The third-order valence-corrected chi connectivity index (χ3v) is 3.29. The maximum atomic E-state index is 4.13. The third-order valence-electron chi connectivity index (χ3n) is 3.29. The average molecular weight is 220 g/mol. The average Bonchev–Trinajstić information content (AvgIpc) is 2.33. The first-order chi connectivity index (χ1) is 7.78. The maximum Gasteiger partial charge on any atom is 0.148 e. The molecule has 0 amide bonds. The number of hydrogen-bond donors (Lipinski definition) is 2. The van der Waals surface area contributed by atoms with Crippen molar-refractivity contribution >= 4 is 5.82 Å². The lowest BCUT2D eigenvalue weighted by atomic mass is 9.91. The predicted molar refractivity (Wildman–Crippen MR) is 65.5 cm³/mol. The number of anilines is 1. The standard InChI is InChI=1S/C12H20N4/c1-9-3-8-12(16-15-9)14-11-6-4-10(13-2)5-7-11/h3,8,10-11,13H,4-7H2,1-2H3,(H,14,16). The summed E-state index contributed by atoms with van der Waals surface area (Å²) >= 11 is 0. The lowest BCUT2D eigenvalue weighted by molar-refractivity contribution is 0.371. The van der Waals surface area contributed by atoms with E-state index in [0.717, 1.165) is 11.5 Å². The van der Waals surface area contributed by atoms with Crippen LogP contribution in [0.15, 0.2) is 12.1 Å². The number of nitrogens with one attached hydrogen (secondary N) is 2. The lowest BCUT2D eigenvalue weighted by Gasteiger charge is -2.28. The van der Waals surface area contributed by atoms with Crippen molar-refractivity contribution in [3.05, 3.63) is 17.8 Å². The summed E-state index contributed by atoms with van der Waals surface area (Å²) in [6, 6.07) is 5.25. The summed E-state index contributed by atoms with van der Waals surface area (Å²) in [5.74, 6) is 0.901. The van der Waals surface area contributed by atoms with Crippen molar-refractivity contribution < 1.29 is 0 Å². The van der Waals surface area contributed by atoms with Gasteiger partial charge in [0.1, 0.15) is 5.82 Å². The highest BCUT2D eigenvalue weighted by molar-refractivity contribution is 5.34. The Morgan fingerprint density at radius 3 is 2.31 bits per heavy atom. The van der Waals surface area contributed by atoms with E-state index in [1.807, 2.05) is 26.1 Å². The first-order valence-electron chi connectivity index (χ1n) is 6.02. The zero-order valence-electron chi connectivity index (χ0n) is 10.0. The Hall–Kier alpha value is -1.16. The largest absolute Gasteiger partial charge is 0.366 e. The van der Waals surface area contributed by atoms with Gasteiger partial charge in [-0.05, 0) is 51.8 Å². The molecule has 0 saturated heterocycles. The fourth-order valence-electron chi connectivity index (χ4n) is 2.21. The minimum atomic E-state index is 0.557. The highest BCUT2D eigenvalue weighted by Gasteiger charge is 2.19. The SMILES string of the molecule is CNC1CCC(Nc2ccc(C)nn2)CC1. The molecule has 1 saturated carbocycles. The van der Waals surface area contributed by atoms with Gasteiger partial charge in [0.05, 0.1) is 5.69 Å². The van der Waals surface area contributed by atoms with Crippen LogP contribution in [0.1, 0.15) is 31.4 Å². The topological polar surface area (TPSA) is 49.8 Å². The molecule has 1 heterocycles. The van der Waals surface area contributed by atoms with Gasteiger partial charge in [-0.25, -0.2) is 0 Å². The maximum absolute atomic E-state index is 4.13. The minimum absolute atomic E-state index is 0.557. The highest BCUT2D eigenvalue weighted by atomic mass is 15.2. The van der Waals surface area contributed by atoms with Gasteiger partial charge in [-0.3, -0.25) is 0 Å². The quantitative estimate of drug-likeness (QED) is 0.814. The summed E-state index contributed by atoms with van der Waals surface area (Å²) in [6.07, 6.45) is 4.91. The Kier molecular flexibility index (Phi) is 3.72. The van der Waals surface area contributed by atoms with Crippen molar-refractivity contribution in [3.63, 3.8) is 0 Å². The molecule has 1 aromatic rings. The molecule has 4 heteroatoms. The van der Waals surface area contributed by atoms with E-state index in [4.69, 9.17) is 0 Å². The monoisotopic (exact) mass is 220 g/mol. The van der Waals surface area contributed by atoms with Crippen LogP contribution in [0.3, 0.4) is 0 Å². The Labute approximate surface area is 96.9 Å².